The lowest BCUT2D eigenvalue weighted by Gasteiger charge is -2.11. The highest BCUT2D eigenvalue weighted by molar-refractivity contribution is 6.39. The monoisotopic (exact) mass is 698 g/mol. The molecule has 0 unspecified atom stereocenters. The van der Waals surface area contributed by atoms with Crippen LogP contribution < -0.4 is 0 Å². The lowest BCUT2D eigenvalue weighted by atomic mass is 10.0. The molecule has 53 heavy (non-hydrogen) atoms. The van der Waals surface area contributed by atoms with Gasteiger partial charge in [0.2, 0.25) is 0 Å². The van der Waals surface area contributed by atoms with Gasteiger partial charge in [-0.15, -0.1) is 0 Å². The standard InChI is InChI=1S/C47H27ClN4O/c48-38-17-9-19-41-44(38)43-36-26-30(21-20-29(36)23-25-42(43)53-41)45-49-46(51-47(50-45)35-16-8-11-28-10-4-5-14-33(28)35)31-22-24-40-37(27-31)34-15-6-7-18-39(34)52(40)32-12-2-1-3-13-32/h1-27H. The molecule has 0 radical (unpaired) electrons. The molecule has 3 aromatic heterocycles. The maximum absolute atomic E-state index is 6.78. The summed E-state index contributed by atoms with van der Waals surface area (Å²) < 4.78 is 8.57. The Morgan fingerprint density at radius 2 is 1.06 bits per heavy atom. The van der Waals surface area contributed by atoms with E-state index in [1.165, 1.54) is 5.39 Å². The molecule has 8 aromatic carbocycles. The first-order valence-electron chi connectivity index (χ1n) is 17.5. The van der Waals surface area contributed by atoms with Crippen LogP contribution in [0.25, 0.3) is 105 Å². The van der Waals surface area contributed by atoms with E-state index in [-0.39, 0.29) is 0 Å². The van der Waals surface area contributed by atoms with Gasteiger partial charge < -0.3 is 8.98 Å². The van der Waals surface area contributed by atoms with E-state index in [1.54, 1.807) is 0 Å². The Balaban J connectivity index is 1.17. The van der Waals surface area contributed by atoms with Crippen molar-refractivity contribution in [3.8, 4) is 39.9 Å². The van der Waals surface area contributed by atoms with E-state index in [0.717, 1.165) is 82.3 Å². The molecule has 0 amide bonds. The van der Waals surface area contributed by atoms with E-state index in [2.05, 4.69) is 138 Å². The van der Waals surface area contributed by atoms with Crippen LogP contribution in [0.4, 0.5) is 0 Å². The van der Waals surface area contributed by atoms with Crippen molar-refractivity contribution < 1.29 is 4.42 Å². The quantitative estimate of drug-likeness (QED) is 0.184. The van der Waals surface area contributed by atoms with E-state index in [4.69, 9.17) is 31.0 Å². The van der Waals surface area contributed by atoms with Crippen LogP contribution in [0.15, 0.2) is 168 Å². The van der Waals surface area contributed by atoms with Crippen LogP contribution >= 0.6 is 11.6 Å². The Morgan fingerprint density at radius 1 is 0.434 bits per heavy atom. The van der Waals surface area contributed by atoms with E-state index in [0.29, 0.717) is 22.5 Å². The minimum Gasteiger partial charge on any atom is -0.456 e. The summed E-state index contributed by atoms with van der Waals surface area (Å²) in [6.07, 6.45) is 0. The number of aromatic nitrogens is 4. The maximum Gasteiger partial charge on any atom is 0.164 e. The average Bonchev–Trinajstić information content (AvgIpc) is 3.77. The number of benzene rings is 8. The molecule has 0 aliphatic heterocycles. The van der Waals surface area contributed by atoms with Crippen molar-refractivity contribution >= 4 is 76.9 Å². The number of hydrogen-bond donors (Lipinski definition) is 0. The second kappa shape index (κ2) is 11.6. The van der Waals surface area contributed by atoms with Gasteiger partial charge >= 0.3 is 0 Å². The summed E-state index contributed by atoms with van der Waals surface area (Å²) in [5.41, 5.74) is 7.66. The van der Waals surface area contributed by atoms with Crippen LogP contribution in [0.2, 0.25) is 5.02 Å². The molecule has 3 heterocycles. The summed E-state index contributed by atoms with van der Waals surface area (Å²) in [5, 5.41) is 9.15. The van der Waals surface area contributed by atoms with Crippen LogP contribution in [0.3, 0.4) is 0 Å². The molecular weight excluding hydrogens is 672 g/mol. The topological polar surface area (TPSA) is 56.7 Å². The Morgan fingerprint density at radius 3 is 1.92 bits per heavy atom. The number of rotatable bonds is 4. The van der Waals surface area contributed by atoms with Gasteiger partial charge in [-0.1, -0.05) is 115 Å². The molecule has 5 nitrogen and oxygen atoms in total. The third kappa shape index (κ3) is 4.68. The number of fused-ring (bicyclic) bond motifs is 9. The molecular formula is C47H27ClN4O. The van der Waals surface area contributed by atoms with Gasteiger partial charge in [0, 0.05) is 43.9 Å². The SMILES string of the molecule is Clc1cccc2oc3ccc4ccc(-c5nc(-c6ccc7c(c6)c6ccccc6n7-c6ccccc6)nc(-c6cccc7ccccc67)n5)cc4c3c12. The van der Waals surface area contributed by atoms with Crippen LogP contribution in [0, 0.1) is 0 Å². The first kappa shape index (κ1) is 29.9. The normalized spacial score (nSPS) is 11.9. The van der Waals surface area contributed by atoms with Gasteiger partial charge in [-0.3, -0.25) is 0 Å². The third-order valence-corrected chi connectivity index (χ3v) is 10.6. The van der Waals surface area contributed by atoms with E-state index >= 15 is 0 Å². The zero-order valence-corrected chi connectivity index (χ0v) is 28.9. The van der Waals surface area contributed by atoms with Gasteiger partial charge in [-0.25, -0.2) is 15.0 Å². The van der Waals surface area contributed by atoms with Crippen LogP contribution in [-0.4, -0.2) is 19.5 Å². The van der Waals surface area contributed by atoms with Crippen molar-refractivity contribution in [2.75, 3.05) is 0 Å². The van der Waals surface area contributed by atoms with Crippen LogP contribution in [-0.2, 0) is 0 Å². The average molecular weight is 699 g/mol. The highest BCUT2D eigenvalue weighted by Gasteiger charge is 2.19. The molecule has 0 bridgehead atoms. The zero-order chi connectivity index (χ0) is 35.0. The molecule has 11 rings (SSSR count). The summed E-state index contributed by atoms with van der Waals surface area (Å²) in [5.74, 6) is 1.80. The lowest BCUT2D eigenvalue weighted by molar-refractivity contribution is 0.669. The Bertz CT molecular complexity index is 3250. The predicted molar refractivity (Wildman–Crippen MR) is 218 cm³/mol. The number of para-hydroxylation sites is 2. The van der Waals surface area contributed by atoms with Crippen molar-refractivity contribution in [2.45, 2.75) is 0 Å². The molecule has 0 aliphatic carbocycles. The van der Waals surface area contributed by atoms with E-state index < -0.39 is 0 Å². The van der Waals surface area contributed by atoms with Crippen molar-refractivity contribution in [3.05, 3.63) is 169 Å². The molecule has 0 aliphatic rings. The smallest absolute Gasteiger partial charge is 0.164 e. The van der Waals surface area contributed by atoms with Crippen molar-refractivity contribution in [3.63, 3.8) is 0 Å². The number of halogens is 1. The van der Waals surface area contributed by atoms with Crippen LogP contribution in [0.1, 0.15) is 0 Å². The number of hydrogen-bond acceptors (Lipinski definition) is 4. The van der Waals surface area contributed by atoms with Crippen molar-refractivity contribution in [1.29, 1.82) is 0 Å². The number of nitrogens with zero attached hydrogens (tertiary/aromatic N) is 4. The van der Waals surface area contributed by atoms with Gasteiger partial charge in [0.05, 0.1) is 16.1 Å². The first-order valence-corrected chi connectivity index (χ1v) is 17.9. The summed E-state index contributed by atoms with van der Waals surface area (Å²) in [6.45, 7) is 0. The molecule has 0 fully saturated rings. The fourth-order valence-electron chi connectivity index (χ4n) is 7.87. The molecule has 0 saturated heterocycles. The third-order valence-electron chi connectivity index (χ3n) is 10.3. The largest absolute Gasteiger partial charge is 0.456 e. The van der Waals surface area contributed by atoms with Gasteiger partial charge in [0.15, 0.2) is 17.5 Å². The Kier molecular flexibility index (Phi) is 6.54. The summed E-state index contributed by atoms with van der Waals surface area (Å²) >= 11 is 6.78. The molecule has 0 atom stereocenters. The predicted octanol–water partition coefficient (Wildman–Crippen LogP) is 12.8. The molecule has 6 heteroatoms. The second-order valence-corrected chi connectivity index (χ2v) is 13.7. The summed E-state index contributed by atoms with van der Waals surface area (Å²) in [6, 6.07) is 56.4. The zero-order valence-electron chi connectivity index (χ0n) is 28.2. The molecule has 11 aromatic rings. The second-order valence-electron chi connectivity index (χ2n) is 13.3. The highest BCUT2D eigenvalue weighted by atomic mass is 35.5. The number of furan rings is 1. The summed E-state index contributed by atoms with van der Waals surface area (Å²) in [4.78, 5) is 15.6. The van der Waals surface area contributed by atoms with Gasteiger partial charge in [-0.05, 0) is 82.2 Å². The maximum atomic E-state index is 6.78. The fraction of sp³-hybridized carbons (Fsp3) is 0. The van der Waals surface area contributed by atoms with Gasteiger partial charge in [0.25, 0.3) is 0 Å². The lowest BCUT2D eigenvalue weighted by Crippen LogP contribution is -2.01. The molecule has 0 saturated carbocycles. The van der Waals surface area contributed by atoms with Crippen LogP contribution in [0.5, 0.6) is 0 Å². The first-order chi connectivity index (χ1) is 26.2. The van der Waals surface area contributed by atoms with Gasteiger partial charge in [-0.2, -0.15) is 0 Å². The van der Waals surface area contributed by atoms with Crippen molar-refractivity contribution in [2.24, 2.45) is 0 Å². The van der Waals surface area contributed by atoms with E-state index in [9.17, 15) is 0 Å². The van der Waals surface area contributed by atoms with E-state index in [1.807, 2.05) is 30.3 Å². The minimum absolute atomic E-state index is 0.586. The fourth-order valence-corrected chi connectivity index (χ4v) is 8.13. The molecule has 0 N–H and O–H groups in total. The summed E-state index contributed by atoms with van der Waals surface area (Å²) in [7, 11) is 0. The molecule has 0 spiro atoms. The highest BCUT2D eigenvalue weighted by Crippen LogP contribution is 2.40. The minimum atomic E-state index is 0.586. The van der Waals surface area contributed by atoms with Crippen molar-refractivity contribution in [1.82, 2.24) is 19.5 Å². The molecule has 248 valence electrons. The Labute approximate surface area is 308 Å². The Hall–Kier alpha value is -6.82. The van der Waals surface area contributed by atoms with Gasteiger partial charge in [0.1, 0.15) is 11.2 Å².